The fourth-order valence-electron chi connectivity index (χ4n) is 8.56. The number of thioether (sulfide) groups is 6. The molecule has 12 heterocycles. The van der Waals surface area contributed by atoms with E-state index in [-0.39, 0.29) is 57.6 Å². The zero-order valence-corrected chi connectivity index (χ0v) is 65.4. The highest BCUT2D eigenvalue weighted by molar-refractivity contribution is 7.99. The molecule has 37 heteroatoms. The summed E-state index contributed by atoms with van der Waals surface area (Å²) in [6.07, 6.45) is 8.95. The average molecular weight is 1640 g/mol. The van der Waals surface area contributed by atoms with E-state index in [0.717, 1.165) is 79.2 Å². The van der Waals surface area contributed by atoms with Crippen molar-refractivity contribution in [2.45, 2.75) is 121 Å². The maximum absolute atomic E-state index is 13.4. The zero-order valence-electron chi connectivity index (χ0n) is 57.3. The predicted molar refractivity (Wildman–Crippen MR) is 413 cm³/mol. The molecule has 0 saturated heterocycles. The molecule has 0 saturated carbocycles. The molecule has 0 amide bonds. The van der Waals surface area contributed by atoms with Gasteiger partial charge < -0.3 is 19.9 Å². The van der Waals surface area contributed by atoms with Crippen molar-refractivity contribution in [3.05, 3.63) is 293 Å². The number of pyridine rings is 4. The van der Waals surface area contributed by atoms with E-state index in [1.165, 1.54) is 113 Å². The van der Waals surface area contributed by atoms with Crippen LogP contribution >= 0.6 is 118 Å². The molecule has 0 spiro atoms. The Labute approximate surface area is 649 Å². The van der Waals surface area contributed by atoms with Crippen LogP contribution in [-0.2, 0) is 34.6 Å². The lowest BCUT2D eigenvalue weighted by Gasteiger charge is -2.04. The van der Waals surface area contributed by atoms with E-state index in [9.17, 15) is 41.1 Å². The van der Waals surface area contributed by atoms with Gasteiger partial charge >= 0.3 is 0 Å². The smallest absolute Gasteiger partial charge is 0.251 e. The van der Waals surface area contributed by atoms with Crippen LogP contribution in [0.25, 0.3) is 10.9 Å². The van der Waals surface area contributed by atoms with Crippen LogP contribution in [0.1, 0.15) is 72.8 Å². The molecule has 0 bridgehead atoms. The van der Waals surface area contributed by atoms with Crippen LogP contribution in [0.5, 0.6) is 0 Å². The predicted octanol–water partition coefficient (Wildman–Crippen LogP) is 16.1. The van der Waals surface area contributed by atoms with E-state index in [0.29, 0.717) is 87.4 Å². The van der Waals surface area contributed by atoms with Gasteiger partial charge in [0.2, 0.25) is 5.95 Å². The minimum atomic E-state index is -0.646. The Morgan fingerprint density at radius 2 is 0.991 bits per heavy atom. The molecule has 552 valence electrons. The molecule has 106 heavy (non-hydrogen) atoms. The Hall–Kier alpha value is -8.71. The molecule has 1 aromatic carbocycles. The summed E-state index contributed by atoms with van der Waals surface area (Å²) in [5.74, 6) is 0.930. The quantitative estimate of drug-likeness (QED) is 0.0204. The minimum Gasteiger partial charge on any atom is -0.311 e. The number of nitrogens with zero attached hydrogens (tertiary/aromatic N) is 14. The van der Waals surface area contributed by atoms with Crippen LogP contribution in [0.3, 0.4) is 0 Å². The normalized spacial score (nSPS) is 10.6. The second-order valence-electron chi connectivity index (χ2n) is 21.8. The topological polar surface area (TPSA) is 304 Å². The molecule has 13 aromatic rings. The Morgan fingerprint density at radius 3 is 1.52 bits per heavy atom. The van der Waals surface area contributed by atoms with Crippen molar-refractivity contribution in [2.75, 3.05) is 0 Å². The lowest BCUT2D eigenvalue weighted by atomic mass is 10.3. The number of aromatic nitrogens is 18. The summed E-state index contributed by atoms with van der Waals surface area (Å²) in [5, 5.41) is 12.2. The average Bonchev–Trinajstić information content (AvgIpc) is 1.67. The number of H-pyrrole nitrogens is 4. The van der Waals surface area contributed by atoms with E-state index >= 15 is 0 Å². The van der Waals surface area contributed by atoms with Crippen LogP contribution in [0.15, 0.2) is 190 Å². The maximum Gasteiger partial charge on any atom is 0.251 e. The van der Waals surface area contributed by atoms with Gasteiger partial charge in [0.05, 0.1) is 41.2 Å². The zero-order chi connectivity index (χ0) is 75.5. The maximum atomic E-state index is 13.4. The van der Waals surface area contributed by atoms with Gasteiger partial charge in [0, 0.05) is 138 Å². The van der Waals surface area contributed by atoms with Crippen molar-refractivity contribution < 1.29 is 22.0 Å². The van der Waals surface area contributed by atoms with Gasteiger partial charge in [0.15, 0.2) is 25.8 Å². The summed E-state index contributed by atoms with van der Waals surface area (Å²) in [5.41, 5.74) is 7.60. The molecule has 12 aromatic heterocycles. The lowest BCUT2D eigenvalue weighted by molar-refractivity contribution is 0.556. The van der Waals surface area contributed by atoms with E-state index in [1.807, 2.05) is 75.5 Å². The van der Waals surface area contributed by atoms with Gasteiger partial charge in [0.25, 0.3) is 22.2 Å². The Morgan fingerprint density at radius 1 is 0.472 bits per heavy atom. The van der Waals surface area contributed by atoms with Gasteiger partial charge in [-0.1, -0.05) is 112 Å². The summed E-state index contributed by atoms with van der Waals surface area (Å²) < 4.78 is 67.9. The van der Waals surface area contributed by atoms with Crippen molar-refractivity contribution in [2.24, 2.45) is 0 Å². The molecule has 0 atom stereocenters. The highest BCUT2D eigenvalue weighted by Crippen LogP contribution is 2.30. The molecule has 0 unspecified atom stereocenters. The van der Waals surface area contributed by atoms with Crippen LogP contribution in [0.4, 0.5) is 22.0 Å². The van der Waals surface area contributed by atoms with Crippen LogP contribution in [0, 0.1) is 84.6 Å². The molecule has 0 radical (unpaired) electrons. The number of fused-ring (bicyclic) bond motifs is 1. The molecule has 0 fully saturated rings. The first-order valence-corrected chi connectivity index (χ1v) is 38.4. The highest BCUT2D eigenvalue weighted by atomic mass is 35.5. The number of thiophene rings is 1. The van der Waals surface area contributed by atoms with Gasteiger partial charge in [-0.05, 0) is 115 Å². The number of aromatic amines is 4. The second kappa shape index (κ2) is 42.6. The third-order valence-electron chi connectivity index (χ3n) is 13.1. The van der Waals surface area contributed by atoms with Crippen molar-refractivity contribution in [1.82, 2.24) is 89.5 Å². The molecule has 22 nitrogen and oxygen atoms in total. The third kappa shape index (κ3) is 28.5. The van der Waals surface area contributed by atoms with E-state index in [2.05, 4.69) is 84.8 Å². The van der Waals surface area contributed by atoms with Gasteiger partial charge in [-0.25, -0.2) is 67.1 Å². The first-order valence-electron chi connectivity index (χ1n) is 30.9. The third-order valence-corrected chi connectivity index (χ3v) is 20.5. The molecular formula is C69H64Cl3F5N18O4S7. The van der Waals surface area contributed by atoms with E-state index < -0.39 is 17.6 Å². The van der Waals surface area contributed by atoms with Crippen molar-refractivity contribution >= 4 is 128 Å². The van der Waals surface area contributed by atoms with Crippen molar-refractivity contribution in [1.29, 1.82) is 0 Å². The lowest BCUT2D eigenvalue weighted by Crippen LogP contribution is -2.08. The highest BCUT2D eigenvalue weighted by Gasteiger charge is 2.14. The summed E-state index contributed by atoms with van der Waals surface area (Å²) in [7, 11) is 0. The van der Waals surface area contributed by atoms with Crippen molar-refractivity contribution in [3.63, 3.8) is 0 Å². The Balaban J connectivity index is 0.000000177. The van der Waals surface area contributed by atoms with Gasteiger partial charge in [-0.2, -0.15) is 9.49 Å². The largest absolute Gasteiger partial charge is 0.311 e. The number of aryl methyl sites for hydroxylation is 8. The molecular weight excluding hydrogens is 1570 g/mol. The summed E-state index contributed by atoms with van der Waals surface area (Å²) >= 11 is 22.0. The second-order valence-corrected chi connectivity index (χ2v) is 29.3. The Kier molecular flexibility index (Phi) is 34.0. The monoisotopic (exact) mass is 1630 g/mol. The van der Waals surface area contributed by atoms with Crippen LogP contribution < -0.4 is 22.2 Å². The SMILES string of the molecule is Cc1cc(=O)[nH]c(SCc2cccnc2F)n1.Cc1cc(=O)[nH]c(SCc2cncc(F)c2)n1.Cc1cc(=O)[nH]c(SCc2sccc2Cl)n1.Cc1cc(C)nc(SCc2c(F)cncc2F)n1.Cc1cc(C)nc(SCc2ccncc2F)n1.Cc1nc(SCn2nc3ccccc3c2Cl)cc(=O)[nH]1.Cl. The first kappa shape index (κ1) is 84.6. The molecule has 13 rings (SSSR count). The molecule has 4 N–H and O–H groups in total. The van der Waals surface area contributed by atoms with Crippen molar-refractivity contribution in [3.8, 4) is 0 Å². The van der Waals surface area contributed by atoms with E-state index in [4.69, 9.17) is 23.2 Å². The van der Waals surface area contributed by atoms with Gasteiger partial charge in [-0.3, -0.25) is 34.1 Å². The standard InChI is InChI=1S/C13H11ClN4OS.C12H11F2N3S.C12H12FN3S.2C11H10FN3OS.C10H9ClN2OS2.ClH/c1-8-15-11(19)6-12(16-8)20-7-18-13(14)9-4-2-3-5-10(9)17-18;1-7-3-8(2)17-12(16-7)18-6-9-10(13)4-15-5-11(9)14;1-8-5-9(2)16-12(15-8)17-7-10-3-4-14-6-11(10)13;1-7-2-10(16)15-11(14-7)17-6-8-3-9(12)5-13-4-8;1-7-5-9(16)15-11(14-7)17-6-8-3-2-4-13-10(8)12;1-6-4-9(14)13-10(12-6)16-5-8-7(11)2-3-15-8;/h2-6H,7H2,1H3,(H,15,16,19);3-5H,6H2,1-2H3;3-6H,7H2,1-2H3;2*2-5H,6H2,1H3,(H,14,15,16);2-4H,5H2,1H3,(H,12,13,14);1H. The molecule has 0 aliphatic heterocycles. The number of halogens is 8. The fourth-order valence-corrected chi connectivity index (χ4v) is 15.6. The number of rotatable bonds is 18. The van der Waals surface area contributed by atoms with Gasteiger partial charge in [0.1, 0.15) is 39.3 Å². The number of nitrogens with one attached hydrogen (secondary N) is 4. The number of hydrogen-bond donors (Lipinski definition) is 4. The van der Waals surface area contributed by atoms with Crippen LogP contribution in [-0.4, -0.2) is 89.5 Å². The number of benzene rings is 1. The van der Waals surface area contributed by atoms with E-state index in [1.54, 1.807) is 74.3 Å². The van der Waals surface area contributed by atoms with Crippen LogP contribution in [0.2, 0.25) is 10.2 Å². The summed E-state index contributed by atoms with van der Waals surface area (Å²) in [6, 6.07) is 25.5. The fraction of sp³-hybridized carbons (Fsp3) is 0.203. The molecule has 0 aliphatic carbocycles. The minimum absolute atomic E-state index is 0. The summed E-state index contributed by atoms with van der Waals surface area (Å²) in [4.78, 5) is 105. The summed E-state index contributed by atoms with van der Waals surface area (Å²) in [6.45, 7) is 14.6. The van der Waals surface area contributed by atoms with Gasteiger partial charge in [-0.15, -0.1) is 23.7 Å². The molecule has 0 aliphatic rings. The first-order chi connectivity index (χ1) is 50.3. The Bertz CT molecular complexity index is 5280. The number of hydrogen-bond acceptors (Lipinski definition) is 24.